The Balaban J connectivity index is 1.89. The first-order valence-electron chi connectivity index (χ1n) is 6.35. The molecule has 1 fully saturated rings. The van der Waals surface area contributed by atoms with Crippen LogP contribution in [-0.2, 0) is 6.54 Å². The number of rotatable bonds is 5. The summed E-state index contributed by atoms with van der Waals surface area (Å²) in [4.78, 5) is 0. The van der Waals surface area contributed by atoms with Crippen molar-refractivity contribution >= 4 is 35.0 Å². The van der Waals surface area contributed by atoms with Gasteiger partial charge in [-0.3, -0.25) is 0 Å². The summed E-state index contributed by atoms with van der Waals surface area (Å²) >= 11 is 14.1. The zero-order chi connectivity index (χ0) is 13.0. The zero-order valence-corrected chi connectivity index (χ0v) is 13.0. The second kappa shape index (κ2) is 6.51. The molecule has 0 aliphatic heterocycles. The Morgan fingerprint density at radius 1 is 1.28 bits per heavy atom. The predicted molar refractivity (Wildman–Crippen MR) is 82.9 cm³/mol. The van der Waals surface area contributed by atoms with Gasteiger partial charge in [0.1, 0.15) is 0 Å². The van der Waals surface area contributed by atoms with Crippen molar-refractivity contribution in [2.24, 2.45) is 0 Å². The first-order valence-corrected chi connectivity index (χ1v) is 8.33. The van der Waals surface area contributed by atoms with Crippen LogP contribution < -0.4 is 5.32 Å². The summed E-state index contributed by atoms with van der Waals surface area (Å²) in [6.45, 7) is 1.85. The van der Waals surface area contributed by atoms with E-state index in [4.69, 9.17) is 23.2 Å². The first kappa shape index (κ1) is 14.5. The van der Waals surface area contributed by atoms with Crippen LogP contribution >= 0.6 is 35.0 Å². The van der Waals surface area contributed by atoms with Crippen LogP contribution in [0.25, 0.3) is 0 Å². The minimum atomic E-state index is 0.436. The molecule has 0 heterocycles. The highest BCUT2D eigenvalue weighted by atomic mass is 35.5. The molecule has 2 rings (SSSR count). The molecule has 18 heavy (non-hydrogen) atoms. The molecule has 100 valence electrons. The van der Waals surface area contributed by atoms with Crippen molar-refractivity contribution in [3.63, 3.8) is 0 Å². The molecular formula is C14H19Cl2NS. The highest BCUT2D eigenvalue weighted by Gasteiger charge is 2.32. The average Bonchev–Trinajstić information content (AvgIpc) is 2.83. The van der Waals surface area contributed by atoms with Gasteiger partial charge in [-0.05, 0) is 42.9 Å². The maximum Gasteiger partial charge on any atom is 0.0451 e. The number of nitrogens with one attached hydrogen (secondary N) is 1. The zero-order valence-electron chi connectivity index (χ0n) is 10.6. The lowest BCUT2D eigenvalue weighted by atomic mass is 10.1. The van der Waals surface area contributed by atoms with E-state index in [0.717, 1.165) is 28.7 Å². The molecule has 0 radical (unpaired) electrons. The minimum Gasteiger partial charge on any atom is -0.311 e. The fraction of sp³-hybridized carbons (Fsp3) is 0.571. The molecule has 1 aromatic carbocycles. The standard InChI is InChI=1S/C14H19Cl2NS/c1-18-14(6-2-3-7-14)10-17-9-11-8-12(15)4-5-13(11)16/h4-5,8,17H,2-3,6-7,9-10H2,1H3. The Labute approximate surface area is 124 Å². The van der Waals surface area contributed by atoms with Gasteiger partial charge in [-0.25, -0.2) is 0 Å². The van der Waals surface area contributed by atoms with Crippen molar-refractivity contribution in [2.75, 3.05) is 12.8 Å². The summed E-state index contributed by atoms with van der Waals surface area (Å²) < 4.78 is 0.436. The molecule has 0 atom stereocenters. The van der Waals surface area contributed by atoms with E-state index in [1.807, 2.05) is 30.0 Å². The van der Waals surface area contributed by atoms with Crippen LogP contribution in [0.4, 0.5) is 0 Å². The summed E-state index contributed by atoms with van der Waals surface area (Å²) in [5.74, 6) is 0. The van der Waals surface area contributed by atoms with E-state index >= 15 is 0 Å². The third kappa shape index (κ3) is 3.57. The van der Waals surface area contributed by atoms with Crippen molar-refractivity contribution in [1.29, 1.82) is 0 Å². The predicted octanol–water partition coefficient (Wildman–Crippen LogP) is 4.76. The molecular weight excluding hydrogens is 285 g/mol. The van der Waals surface area contributed by atoms with Gasteiger partial charge in [0.2, 0.25) is 0 Å². The number of thioether (sulfide) groups is 1. The van der Waals surface area contributed by atoms with Crippen LogP contribution in [0.15, 0.2) is 18.2 Å². The molecule has 1 saturated carbocycles. The van der Waals surface area contributed by atoms with Gasteiger partial charge in [0, 0.05) is 27.9 Å². The summed E-state index contributed by atoms with van der Waals surface area (Å²) in [5.41, 5.74) is 1.08. The van der Waals surface area contributed by atoms with Crippen molar-refractivity contribution in [3.05, 3.63) is 33.8 Å². The SMILES string of the molecule is CSC1(CNCc2cc(Cl)ccc2Cl)CCCC1. The minimum absolute atomic E-state index is 0.436. The van der Waals surface area contributed by atoms with Gasteiger partial charge in [-0.2, -0.15) is 11.8 Å². The molecule has 1 N–H and O–H groups in total. The molecule has 1 aliphatic rings. The maximum absolute atomic E-state index is 6.16. The topological polar surface area (TPSA) is 12.0 Å². The van der Waals surface area contributed by atoms with Gasteiger partial charge in [0.15, 0.2) is 0 Å². The van der Waals surface area contributed by atoms with Gasteiger partial charge in [0.25, 0.3) is 0 Å². The summed E-state index contributed by atoms with van der Waals surface area (Å²) in [5, 5.41) is 5.07. The molecule has 0 aromatic heterocycles. The Morgan fingerprint density at radius 2 is 2.00 bits per heavy atom. The van der Waals surface area contributed by atoms with E-state index in [1.54, 1.807) is 0 Å². The Kier molecular flexibility index (Phi) is 5.25. The van der Waals surface area contributed by atoms with E-state index in [9.17, 15) is 0 Å². The fourth-order valence-electron chi connectivity index (χ4n) is 2.58. The van der Waals surface area contributed by atoms with E-state index < -0.39 is 0 Å². The number of hydrogen-bond donors (Lipinski definition) is 1. The quantitative estimate of drug-likeness (QED) is 0.842. The van der Waals surface area contributed by atoms with Gasteiger partial charge in [-0.15, -0.1) is 0 Å². The fourth-order valence-corrected chi connectivity index (χ4v) is 3.90. The highest BCUT2D eigenvalue weighted by molar-refractivity contribution is 8.00. The van der Waals surface area contributed by atoms with Crippen molar-refractivity contribution < 1.29 is 0 Å². The Hall–Kier alpha value is 0.110. The van der Waals surface area contributed by atoms with Crippen molar-refractivity contribution in [1.82, 2.24) is 5.32 Å². The largest absolute Gasteiger partial charge is 0.311 e. The molecule has 4 heteroatoms. The molecule has 0 spiro atoms. The van der Waals surface area contributed by atoms with Gasteiger partial charge in [-0.1, -0.05) is 36.0 Å². The second-order valence-corrected chi connectivity index (χ2v) is 7.05. The second-order valence-electron chi connectivity index (χ2n) is 4.93. The van der Waals surface area contributed by atoms with Crippen LogP contribution in [-0.4, -0.2) is 17.5 Å². The summed E-state index contributed by atoms with van der Waals surface area (Å²) in [7, 11) is 0. The monoisotopic (exact) mass is 303 g/mol. The average molecular weight is 304 g/mol. The lowest BCUT2D eigenvalue weighted by molar-refractivity contribution is 0.534. The van der Waals surface area contributed by atoms with Crippen LogP contribution in [0.5, 0.6) is 0 Å². The molecule has 1 aromatic rings. The molecule has 0 amide bonds. The van der Waals surface area contributed by atoms with Gasteiger partial charge < -0.3 is 5.32 Å². The normalized spacial score (nSPS) is 18.2. The third-order valence-corrected chi connectivity index (χ3v) is 5.74. The molecule has 0 bridgehead atoms. The number of halogens is 2. The lowest BCUT2D eigenvalue weighted by Crippen LogP contribution is -2.34. The van der Waals surface area contributed by atoms with E-state index in [-0.39, 0.29) is 0 Å². The van der Waals surface area contributed by atoms with E-state index in [2.05, 4.69) is 11.6 Å². The molecule has 0 unspecified atom stereocenters. The number of benzene rings is 1. The smallest absolute Gasteiger partial charge is 0.0451 e. The van der Waals surface area contributed by atoms with Crippen LogP contribution in [0.3, 0.4) is 0 Å². The third-order valence-electron chi connectivity index (χ3n) is 3.72. The maximum atomic E-state index is 6.16. The van der Waals surface area contributed by atoms with Gasteiger partial charge >= 0.3 is 0 Å². The van der Waals surface area contributed by atoms with E-state index in [1.165, 1.54) is 25.7 Å². The van der Waals surface area contributed by atoms with Crippen LogP contribution in [0.2, 0.25) is 10.0 Å². The van der Waals surface area contributed by atoms with Gasteiger partial charge in [0.05, 0.1) is 0 Å². The van der Waals surface area contributed by atoms with E-state index in [0.29, 0.717) is 4.75 Å². The highest BCUT2D eigenvalue weighted by Crippen LogP contribution is 2.39. The van der Waals surface area contributed by atoms with Crippen LogP contribution in [0.1, 0.15) is 31.2 Å². The molecule has 1 nitrogen and oxygen atoms in total. The molecule has 1 aliphatic carbocycles. The number of hydrogen-bond acceptors (Lipinski definition) is 2. The lowest BCUT2D eigenvalue weighted by Gasteiger charge is -2.27. The first-order chi connectivity index (χ1) is 8.65. The Bertz CT molecular complexity index is 403. The Morgan fingerprint density at radius 3 is 2.67 bits per heavy atom. The van der Waals surface area contributed by atoms with Crippen LogP contribution in [0, 0.1) is 0 Å². The van der Waals surface area contributed by atoms with Crippen molar-refractivity contribution in [2.45, 2.75) is 37.0 Å². The summed E-state index contributed by atoms with van der Waals surface area (Å²) in [6.07, 6.45) is 7.59. The van der Waals surface area contributed by atoms with Crippen molar-refractivity contribution in [3.8, 4) is 0 Å². The summed E-state index contributed by atoms with van der Waals surface area (Å²) in [6, 6.07) is 5.63. The molecule has 0 saturated heterocycles.